The molecule has 2 aromatic heterocycles. The second-order valence-corrected chi connectivity index (χ2v) is 7.17. The van der Waals surface area contributed by atoms with Crippen molar-refractivity contribution in [1.82, 2.24) is 9.78 Å². The summed E-state index contributed by atoms with van der Waals surface area (Å²) < 4.78 is 40.3. The van der Waals surface area contributed by atoms with Crippen LogP contribution >= 0.6 is 22.9 Å². The average Bonchev–Trinajstić information content (AvgIpc) is 3.19. The van der Waals surface area contributed by atoms with E-state index in [9.17, 15) is 13.2 Å². The van der Waals surface area contributed by atoms with Crippen molar-refractivity contribution in [2.24, 2.45) is 0 Å². The molecule has 0 saturated carbocycles. The van der Waals surface area contributed by atoms with E-state index in [-0.39, 0.29) is 6.54 Å². The Balaban J connectivity index is 1.94. The topological polar surface area (TPSA) is 55.9 Å². The molecule has 3 aromatic rings. The summed E-state index contributed by atoms with van der Waals surface area (Å²) in [6.07, 6.45) is -4.51. The molecule has 2 heterocycles. The Morgan fingerprint density at radius 1 is 1.33 bits per heavy atom. The number of hydrogen-bond donors (Lipinski definition) is 2. The van der Waals surface area contributed by atoms with Crippen LogP contribution in [0.2, 0.25) is 5.02 Å². The zero-order valence-corrected chi connectivity index (χ0v) is 15.8. The predicted octanol–water partition coefficient (Wildman–Crippen LogP) is 5.97. The van der Waals surface area contributed by atoms with Gasteiger partial charge in [0, 0.05) is 12.2 Å². The number of hydrogen-bond acceptors (Lipinski definition) is 4. The van der Waals surface area contributed by atoms with E-state index in [2.05, 4.69) is 17.0 Å². The number of aryl methyl sites for hydroxylation is 1. The number of nitrogens with two attached hydrogens (primary N) is 1. The molecule has 0 radical (unpaired) electrons. The van der Waals surface area contributed by atoms with Crippen molar-refractivity contribution in [3.8, 4) is 10.6 Å². The van der Waals surface area contributed by atoms with Crippen LogP contribution in [0.5, 0.6) is 0 Å². The molecule has 0 aliphatic heterocycles. The smallest absolute Gasteiger partial charge is 0.397 e. The van der Waals surface area contributed by atoms with Crippen LogP contribution in [0.3, 0.4) is 0 Å². The normalized spacial score (nSPS) is 11.6. The lowest BCUT2D eigenvalue weighted by Gasteiger charge is -2.09. The van der Waals surface area contributed by atoms with E-state index in [0.717, 1.165) is 6.07 Å². The van der Waals surface area contributed by atoms with E-state index in [1.807, 2.05) is 12.1 Å². The molecular weight excluding hydrogens is 397 g/mol. The van der Waals surface area contributed by atoms with Gasteiger partial charge in [0.25, 0.3) is 0 Å². The molecule has 0 aliphatic carbocycles. The molecule has 1 aromatic carbocycles. The average molecular weight is 413 g/mol. The summed E-state index contributed by atoms with van der Waals surface area (Å²) in [7, 11) is 0. The Morgan fingerprint density at radius 3 is 2.67 bits per heavy atom. The zero-order chi connectivity index (χ0) is 19.8. The highest BCUT2D eigenvalue weighted by Gasteiger charge is 2.35. The maximum Gasteiger partial charge on any atom is 0.435 e. The number of thiophene rings is 1. The number of nitrogen functional groups attached to an aromatic ring is 1. The van der Waals surface area contributed by atoms with Gasteiger partial charge in [-0.3, -0.25) is 4.68 Å². The summed E-state index contributed by atoms with van der Waals surface area (Å²) in [5.74, 6) is 0. The molecule has 9 heteroatoms. The minimum Gasteiger partial charge on any atom is -0.397 e. The van der Waals surface area contributed by atoms with Gasteiger partial charge >= 0.3 is 6.18 Å². The number of para-hydroxylation sites is 1. The molecular formula is C18H16ClF3N4S. The number of alkyl halides is 3. The Bertz CT molecular complexity index is 991. The molecule has 0 fully saturated rings. The van der Waals surface area contributed by atoms with Crippen LogP contribution in [0.4, 0.5) is 24.5 Å². The molecule has 3 rings (SSSR count). The fourth-order valence-corrected chi connectivity index (χ4v) is 3.73. The number of benzene rings is 1. The van der Waals surface area contributed by atoms with E-state index in [0.29, 0.717) is 37.5 Å². The van der Waals surface area contributed by atoms with Crippen LogP contribution < -0.4 is 11.1 Å². The van der Waals surface area contributed by atoms with Crippen molar-refractivity contribution in [2.45, 2.75) is 19.6 Å². The minimum atomic E-state index is -4.51. The second-order valence-electron chi connectivity index (χ2n) is 5.71. The number of nitrogens with one attached hydrogen (secondary N) is 1. The number of nitrogens with zero attached hydrogens (tertiary/aromatic N) is 2. The molecule has 0 atom stereocenters. The van der Waals surface area contributed by atoms with Gasteiger partial charge in [0.05, 0.1) is 31.8 Å². The molecule has 0 spiro atoms. The first-order chi connectivity index (χ1) is 12.7. The summed E-state index contributed by atoms with van der Waals surface area (Å²) in [4.78, 5) is 1.21. The largest absolute Gasteiger partial charge is 0.435 e. The van der Waals surface area contributed by atoms with Crippen molar-refractivity contribution < 1.29 is 13.2 Å². The summed E-state index contributed by atoms with van der Waals surface area (Å²) in [6, 6.07) is 9.86. The quantitative estimate of drug-likeness (QED) is 0.543. The molecule has 27 heavy (non-hydrogen) atoms. The highest BCUT2D eigenvalue weighted by molar-refractivity contribution is 7.17. The summed E-state index contributed by atoms with van der Waals surface area (Å²) >= 11 is 7.37. The maximum atomic E-state index is 13.0. The highest BCUT2D eigenvalue weighted by atomic mass is 35.5. The maximum absolute atomic E-state index is 13.0. The predicted molar refractivity (Wildman–Crippen MR) is 105 cm³/mol. The van der Waals surface area contributed by atoms with Gasteiger partial charge in [-0.2, -0.15) is 18.3 Å². The lowest BCUT2D eigenvalue weighted by Crippen LogP contribution is -2.07. The van der Waals surface area contributed by atoms with E-state index in [4.69, 9.17) is 17.3 Å². The Labute approximate surface area is 163 Å². The SMILES string of the molecule is C=C(Nc1ccccc1Cl)c1cc(N)c(-c2cc(C(F)(F)F)nn2CC)s1. The van der Waals surface area contributed by atoms with Gasteiger partial charge in [-0.25, -0.2) is 0 Å². The van der Waals surface area contributed by atoms with Gasteiger partial charge in [-0.1, -0.05) is 30.3 Å². The Kier molecular flexibility index (Phi) is 5.21. The van der Waals surface area contributed by atoms with Gasteiger partial charge in [-0.15, -0.1) is 11.3 Å². The minimum absolute atomic E-state index is 0.289. The molecule has 142 valence electrons. The van der Waals surface area contributed by atoms with Crippen LogP contribution in [0.25, 0.3) is 16.3 Å². The second kappa shape index (κ2) is 7.28. The molecule has 4 nitrogen and oxygen atoms in total. The lowest BCUT2D eigenvalue weighted by molar-refractivity contribution is -0.141. The van der Waals surface area contributed by atoms with Crippen molar-refractivity contribution in [3.63, 3.8) is 0 Å². The van der Waals surface area contributed by atoms with Crippen molar-refractivity contribution in [3.05, 3.63) is 58.6 Å². The standard InChI is InChI=1S/C18H16ClF3N4S/c1-3-26-14(9-16(25-26)18(20,21)22)17-12(23)8-15(27-17)10(2)24-13-7-5-4-6-11(13)19/h4-9,24H,2-3,23H2,1H3. The summed E-state index contributed by atoms with van der Waals surface area (Å²) in [5.41, 5.74) is 7.03. The Morgan fingerprint density at radius 2 is 2.04 bits per heavy atom. The number of anilines is 2. The summed E-state index contributed by atoms with van der Waals surface area (Å²) in [6.45, 7) is 5.99. The first kappa shape index (κ1) is 19.3. The van der Waals surface area contributed by atoms with Crippen molar-refractivity contribution in [2.75, 3.05) is 11.1 Å². The molecule has 0 bridgehead atoms. The number of aromatic nitrogens is 2. The molecule has 0 amide bonds. The van der Waals surface area contributed by atoms with E-state index >= 15 is 0 Å². The van der Waals surface area contributed by atoms with Crippen LogP contribution in [0, 0.1) is 0 Å². The van der Waals surface area contributed by atoms with Crippen molar-refractivity contribution >= 4 is 40.0 Å². The lowest BCUT2D eigenvalue weighted by atomic mass is 10.2. The van der Waals surface area contributed by atoms with Gasteiger partial charge in [0.2, 0.25) is 0 Å². The zero-order valence-electron chi connectivity index (χ0n) is 14.3. The molecule has 3 N–H and O–H groups in total. The number of rotatable bonds is 5. The molecule has 0 unspecified atom stereocenters. The van der Waals surface area contributed by atoms with Crippen molar-refractivity contribution in [1.29, 1.82) is 0 Å². The van der Waals surface area contributed by atoms with Gasteiger partial charge < -0.3 is 11.1 Å². The van der Waals surface area contributed by atoms with Crippen LogP contribution in [-0.2, 0) is 12.7 Å². The van der Waals surface area contributed by atoms with E-state index < -0.39 is 11.9 Å². The number of halogens is 4. The third kappa shape index (κ3) is 3.96. The van der Waals surface area contributed by atoms with E-state index in [1.165, 1.54) is 16.0 Å². The third-order valence-corrected chi connectivity index (χ3v) is 5.38. The fraction of sp³-hybridized carbons (Fsp3) is 0.167. The highest BCUT2D eigenvalue weighted by Crippen LogP contribution is 2.40. The molecule has 0 saturated heterocycles. The van der Waals surface area contributed by atoms with Gasteiger partial charge in [-0.05, 0) is 31.2 Å². The monoisotopic (exact) mass is 412 g/mol. The fourth-order valence-electron chi connectivity index (χ4n) is 2.52. The van der Waals surface area contributed by atoms with Crippen LogP contribution in [-0.4, -0.2) is 9.78 Å². The van der Waals surface area contributed by atoms with Crippen LogP contribution in [0.1, 0.15) is 17.5 Å². The van der Waals surface area contributed by atoms with Gasteiger partial charge in [0.1, 0.15) is 0 Å². The van der Waals surface area contributed by atoms with Gasteiger partial charge in [0.15, 0.2) is 5.69 Å². The first-order valence-corrected chi connectivity index (χ1v) is 9.15. The van der Waals surface area contributed by atoms with Crippen LogP contribution in [0.15, 0.2) is 43.0 Å². The summed E-state index contributed by atoms with van der Waals surface area (Å²) in [5, 5.41) is 7.27. The first-order valence-electron chi connectivity index (χ1n) is 7.96. The Hall–Kier alpha value is -2.45. The van der Waals surface area contributed by atoms with E-state index in [1.54, 1.807) is 25.1 Å². The molecule has 0 aliphatic rings. The third-order valence-electron chi connectivity index (χ3n) is 3.82.